The molecule has 3 heteroatoms. The third-order valence-electron chi connectivity index (χ3n) is 4.00. The standard InChI is InChI=1S/C16H25FN2/c1-3-4-9-19(14-6-7-14)16(11-18)15-8-5-13(17)10-12(15)2/h5,8,10,14,16H,3-4,6-7,9,11,18H2,1-2H3. The molecule has 1 fully saturated rings. The lowest BCUT2D eigenvalue weighted by molar-refractivity contribution is 0.187. The number of unbranched alkanes of at least 4 members (excludes halogenated alkanes) is 1. The number of rotatable bonds is 7. The van der Waals surface area contributed by atoms with E-state index < -0.39 is 0 Å². The van der Waals surface area contributed by atoms with Crippen LogP contribution in [0.4, 0.5) is 4.39 Å². The van der Waals surface area contributed by atoms with Crippen LogP contribution in [0, 0.1) is 12.7 Å². The molecule has 1 aromatic carbocycles. The molecule has 1 aliphatic rings. The first-order chi connectivity index (χ1) is 9.17. The second-order valence-electron chi connectivity index (χ2n) is 5.57. The molecule has 0 bridgehead atoms. The zero-order valence-corrected chi connectivity index (χ0v) is 12.0. The van der Waals surface area contributed by atoms with Crippen molar-refractivity contribution in [1.82, 2.24) is 4.90 Å². The Balaban J connectivity index is 2.20. The summed E-state index contributed by atoms with van der Waals surface area (Å²) in [4.78, 5) is 2.53. The number of hydrogen-bond acceptors (Lipinski definition) is 2. The summed E-state index contributed by atoms with van der Waals surface area (Å²) in [7, 11) is 0. The maximum Gasteiger partial charge on any atom is 0.123 e. The first-order valence-corrected chi connectivity index (χ1v) is 7.39. The van der Waals surface area contributed by atoms with Gasteiger partial charge >= 0.3 is 0 Å². The van der Waals surface area contributed by atoms with Gasteiger partial charge < -0.3 is 5.73 Å². The lowest BCUT2D eigenvalue weighted by Crippen LogP contribution is -2.36. The van der Waals surface area contributed by atoms with Gasteiger partial charge in [-0.1, -0.05) is 19.4 Å². The van der Waals surface area contributed by atoms with E-state index in [1.165, 1.54) is 31.2 Å². The van der Waals surface area contributed by atoms with Gasteiger partial charge in [0, 0.05) is 18.6 Å². The minimum absolute atomic E-state index is 0.163. The van der Waals surface area contributed by atoms with Crippen LogP contribution in [0.15, 0.2) is 18.2 Å². The first kappa shape index (κ1) is 14.5. The Morgan fingerprint density at radius 3 is 2.68 bits per heavy atom. The summed E-state index contributed by atoms with van der Waals surface area (Å²) in [5, 5.41) is 0. The van der Waals surface area contributed by atoms with E-state index in [0.29, 0.717) is 12.6 Å². The maximum atomic E-state index is 13.2. The second kappa shape index (κ2) is 6.49. The molecule has 19 heavy (non-hydrogen) atoms. The Morgan fingerprint density at radius 2 is 2.16 bits per heavy atom. The molecular weight excluding hydrogens is 239 g/mol. The van der Waals surface area contributed by atoms with Gasteiger partial charge in [-0.2, -0.15) is 0 Å². The van der Waals surface area contributed by atoms with Crippen molar-refractivity contribution in [3.05, 3.63) is 35.1 Å². The van der Waals surface area contributed by atoms with Crippen molar-refractivity contribution in [3.63, 3.8) is 0 Å². The van der Waals surface area contributed by atoms with Gasteiger partial charge in [0.1, 0.15) is 5.82 Å². The van der Waals surface area contributed by atoms with Crippen LogP contribution in [-0.2, 0) is 0 Å². The average molecular weight is 264 g/mol. The largest absolute Gasteiger partial charge is 0.329 e. The highest BCUT2D eigenvalue weighted by molar-refractivity contribution is 5.30. The highest BCUT2D eigenvalue weighted by Gasteiger charge is 2.34. The number of nitrogens with two attached hydrogens (primary N) is 1. The Bertz CT molecular complexity index is 415. The molecule has 0 aliphatic heterocycles. The Kier molecular flexibility index (Phi) is 4.94. The number of hydrogen-bond donors (Lipinski definition) is 1. The monoisotopic (exact) mass is 264 g/mol. The molecule has 1 atom stereocenters. The number of halogens is 1. The molecule has 1 saturated carbocycles. The van der Waals surface area contributed by atoms with E-state index in [9.17, 15) is 4.39 Å². The normalized spacial score (nSPS) is 16.9. The Labute approximate surface area is 115 Å². The van der Waals surface area contributed by atoms with Crippen molar-refractivity contribution >= 4 is 0 Å². The molecule has 2 rings (SSSR count). The summed E-state index contributed by atoms with van der Waals surface area (Å²) < 4.78 is 13.2. The van der Waals surface area contributed by atoms with Crippen LogP contribution in [0.5, 0.6) is 0 Å². The highest BCUT2D eigenvalue weighted by Crippen LogP contribution is 2.35. The summed E-state index contributed by atoms with van der Waals surface area (Å²) in [5.41, 5.74) is 8.21. The van der Waals surface area contributed by atoms with Crippen LogP contribution in [0.2, 0.25) is 0 Å². The van der Waals surface area contributed by atoms with Gasteiger partial charge in [0.05, 0.1) is 0 Å². The average Bonchev–Trinajstić information content (AvgIpc) is 3.20. The molecule has 1 aliphatic carbocycles. The molecule has 0 heterocycles. The molecule has 0 spiro atoms. The third kappa shape index (κ3) is 3.54. The van der Waals surface area contributed by atoms with Gasteiger partial charge in [0.15, 0.2) is 0 Å². The minimum atomic E-state index is -0.163. The van der Waals surface area contributed by atoms with Crippen LogP contribution < -0.4 is 5.73 Å². The second-order valence-corrected chi connectivity index (χ2v) is 5.57. The summed E-state index contributed by atoms with van der Waals surface area (Å²) in [6, 6.07) is 5.99. The fourth-order valence-electron chi connectivity index (χ4n) is 2.79. The van der Waals surface area contributed by atoms with E-state index in [1.807, 2.05) is 13.0 Å². The van der Waals surface area contributed by atoms with Gasteiger partial charge in [-0.25, -0.2) is 4.39 Å². The molecule has 0 saturated heterocycles. The van der Waals surface area contributed by atoms with Gasteiger partial charge in [0.2, 0.25) is 0 Å². The quantitative estimate of drug-likeness (QED) is 0.818. The summed E-state index contributed by atoms with van der Waals surface area (Å²) in [6.45, 7) is 5.89. The summed E-state index contributed by atoms with van der Waals surface area (Å²) in [6.07, 6.45) is 4.96. The van der Waals surface area contributed by atoms with Gasteiger partial charge in [0.25, 0.3) is 0 Å². The zero-order chi connectivity index (χ0) is 13.8. The van der Waals surface area contributed by atoms with Crippen molar-refractivity contribution in [1.29, 1.82) is 0 Å². The minimum Gasteiger partial charge on any atom is -0.329 e. The van der Waals surface area contributed by atoms with E-state index in [1.54, 1.807) is 12.1 Å². The number of benzene rings is 1. The Morgan fingerprint density at radius 1 is 1.42 bits per heavy atom. The molecule has 106 valence electrons. The molecule has 0 amide bonds. The molecule has 1 aromatic rings. The van der Waals surface area contributed by atoms with E-state index in [-0.39, 0.29) is 11.9 Å². The first-order valence-electron chi connectivity index (χ1n) is 7.39. The van der Waals surface area contributed by atoms with E-state index in [2.05, 4.69) is 11.8 Å². The van der Waals surface area contributed by atoms with Crippen LogP contribution in [-0.4, -0.2) is 24.0 Å². The van der Waals surface area contributed by atoms with E-state index >= 15 is 0 Å². The van der Waals surface area contributed by atoms with Crippen molar-refractivity contribution in [2.45, 2.75) is 51.6 Å². The van der Waals surface area contributed by atoms with Crippen LogP contribution in [0.3, 0.4) is 0 Å². The molecular formula is C16H25FN2. The lowest BCUT2D eigenvalue weighted by atomic mass is 9.99. The van der Waals surface area contributed by atoms with E-state index in [4.69, 9.17) is 5.73 Å². The van der Waals surface area contributed by atoms with Crippen molar-refractivity contribution < 1.29 is 4.39 Å². The summed E-state index contributed by atoms with van der Waals surface area (Å²) >= 11 is 0. The van der Waals surface area contributed by atoms with Gasteiger partial charge in [-0.05, 0) is 56.0 Å². The molecule has 0 aromatic heterocycles. The fourth-order valence-corrected chi connectivity index (χ4v) is 2.79. The van der Waals surface area contributed by atoms with Crippen LogP contribution in [0.1, 0.15) is 49.8 Å². The SMILES string of the molecule is CCCCN(C1CC1)C(CN)c1ccc(F)cc1C. The fraction of sp³-hybridized carbons (Fsp3) is 0.625. The maximum absolute atomic E-state index is 13.2. The predicted molar refractivity (Wildman–Crippen MR) is 77.6 cm³/mol. The third-order valence-corrected chi connectivity index (χ3v) is 4.00. The Hall–Kier alpha value is -0.930. The molecule has 2 nitrogen and oxygen atoms in total. The lowest BCUT2D eigenvalue weighted by Gasteiger charge is -2.32. The van der Waals surface area contributed by atoms with E-state index in [0.717, 1.165) is 12.1 Å². The van der Waals surface area contributed by atoms with Gasteiger partial charge in [-0.15, -0.1) is 0 Å². The number of nitrogens with zero attached hydrogens (tertiary/aromatic N) is 1. The van der Waals surface area contributed by atoms with Crippen LogP contribution in [0.25, 0.3) is 0 Å². The molecule has 1 unspecified atom stereocenters. The topological polar surface area (TPSA) is 29.3 Å². The summed E-state index contributed by atoms with van der Waals surface area (Å²) in [5.74, 6) is -0.163. The molecule has 2 N–H and O–H groups in total. The number of aryl methyl sites for hydroxylation is 1. The predicted octanol–water partition coefficient (Wildman–Crippen LogP) is 3.40. The van der Waals surface area contributed by atoms with Crippen LogP contribution >= 0.6 is 0 Å². The van der Waals surface area contributed by atoms with Crippen molar-refractivity contribution in [2.75, 3.05) is 13.1 Å². The van der Waals surface area contributed by atoms with Gasteiger partial charge in [-0.3, -0.25) is 4.90 Å². The highest BCUT2D eigenvalue weighted by atomic mass is 19.1. The zero-order valence-electron chi connectivity index (χ0n) is 12.0. The molecule has 0 radical (unpaired) electrons. The smallest absolute Gasteiger partial charge is 0.123 e. The van der Waals surface area contributed by atoms with Crippen molar-refractivity contribution in [2.24, 2.45) is 5.73 Å². The van der Waals surface area contributed by atoms with Crippen molar-refractivity contribution in [3.8, 4) is 0 Å².